The average Bonchev–Trinajstić information content (AvgIpc) is 2.64. The molecule has 27 heavy (non-hydrogen) atoms. The first-order valence-electron chi connectivity index (χ1n) is 7.99. The summed E-state index contributed by atoms with van der Waals surface area (Å²) in [5.74, 6) is 1.24. The fourth-order valence-corrected chi connectivity index (χ4v) is 2.51. The number of halogens is 4. The molecule has 7 heteroatoms. The van der Waals surface area contributed by atoms with E-state index in [1.54, 1.807) is 12.1 Å². The van der Waals surface area contributed by atoms with E-state index in [9.17, 15) is 13.2 Å². The second-order valence-corrected chi connectivity index (χ2v) is 5.96. The van der Waals surface area contributed by atoms with Gasteiger partial charge in [0.2, 0.25) is 0 Å². The van der Waals surface area contributed by atoms with Crippen LogP contribution in [0.15, 0.2) is 71.9 Å². The normalized spacial score (nSPS) is 11.7. The van der Waals surface area contributed by atoms with E-state index in [4.69, 9.17) is 16.3 Å². The van der Waals surface area contributed by atoms with Gasteiger partial charge in [0.1, 0.15) is 11.4 Å². The highest BCUT2D eigenvalue weighted by atomic mass is 35.5. The largest absolute Gasteiger partial charge is 0.455 e. The van der Waals surface area contributed by atoms with E-state index in [1.165, 1.54) is 6.21 Å². The number of hydrogen-bond donors (Lipinski definition) is 0. The van der Waals surface area contributed by atoms with E-state index in [2.05, 4.69) is 9.98 Å². The molecule has 0 amide bonds. The monoisotopic (exact) mass is 390 g/mol. The molecule has 0 aliphatic heterocycles. The molecule has 0 aliphatic carbocycles. The molecule has 2 aromatic carbocycles. The van der Waals surface area contributed by atoms with Gasteiger partial charge in [0, 0.05) is 18.8 Å². The molecule has 3 rings (SSSR count). The van der Waals surface area contributed by atoms with E-state index >= 15 is 0 Å². The molecule has 0 spiro atoms. The molecule has 1 aromatic heterocycles. The van der Waals surface area contributed by atoms with E-state index in [-0.39, 0.29) is 11.4 Å². The number of ether oxygens (including phenoxy) is 1. The van der Waals surface area contributed by atoms with Crippen LogP contribution in [0.1, 0.15) is 11.3 Å². The quantitative estimate of drug-likeness (QED) is 0.466. The van der Waals surface area contributed by atoms with Crippen molar-refractivity contribution in [2.24, 2.45) is 4.99 Å². The van der Waals surface area contributed by atoms with Crippen LogP contribution in [0.5, 0.6) is 11.5 Å². The van der Waals surface area contributed by atoms with Crippen LogP contribution in [-0.4, -0.2) is 11.2 Å². The summed E-state index contributed by atoms with van der Waals surface area (Å²) in [5.41, 5.74) is 0.0223. The standard InChI is InChI=1S/C20H14ClF3N2O/c21-16-12-14(20(22,23)24)13-26-17(16)10-11-25-18-8-4-5-9-19(18)27-15-6-2-1-3-7-15/h1-9,11-13H,10H2. The first kappa shape index (κ1) is 18.9. The molecule has 0 unspecified atom stereocenters. The van der Waals surface area contributed by atoms with Crippen molar-refractivity contribution in [3.8, 4) is 11.5 Å². The van der Waals surface area contributed by atoms with Crippen molar-refractivity contribution in [2.45, 2.75) is 12.6 Å². The van der Waals surface area contributed by atoms with Gasteiger partial charge in [-0.25, -0.2) is 0 Å². The van der Waals surface area contributed by atoms with Crippen molar-refractivity contribution in [3.05, 3.63) is 83.1 Å². The molecular weight excluding hydrogens is 377 g/mol. The fraction of sp³-hybridized carbons (Fsp3) is 0.100. The molecule has 0 bridgehead atoms. The van der Waals surface area contributed by atoms with Crippen LogP contribution in [0.4, 0.5) is 18.9 Å². The molecule has 1 heterocycles. The van der Waals surface area contributed by atoms with E-state index < -0.39 is 11.7 Å². The number of aromatic nitrogens is 1. The Balaban J connectivity index is 1.74. The molecule has 0 saturated carbocycles. The van der Waals surface area contributed by atoms with Gasteiger partial charge in [-0.15, -0.1) is 0 Å². The van der Waals surface area contributed by atoms with Crippen molar-refractivity contribution in [3.63, 3.8) is 0 Å². The highest BCUT2D eigenvalue weighted by Gasteiger charge is 2.31. The Morgan fingerprint density at radius 1 is 1.04 bits per heavy atom. The third-order valence-corrected chi connectivity index (χ3v) is 3.92. The topological polar surface area (TPSA) is 34.5 Å². The molecule has 0 N–H and O–H groups in total. The minimum absolute atomic E-state index is 0.0508. The zero-order valence-electron chi connectivity index (χ0n) is 13.9. The lowest BCUT2D eigenvalue weighted by Gasteiger charge is -2.09. The average molecular weight is 391 g/mol. The van der Waals surface area contributed by atoms with Crippen LogP contribution in [-0.2, 0) is 12.6 Å². The van der Waals surface area contributed by atoms with Gasteiger partial charge in [-0.1, -0.05) is 41.9 Å². The zero-order chi connectivity index (χ0) is 19.3. The smallest absolute Gasteiger partial charge is 0.417 e. The maximum Gasteiger partial charge on any atom is 0.417 e. The summed E-state index contributed by atoms with van der Waals surface area (Å²) in [6, 6.07) is 17.3. The van der Waals surface area contributed by atoms with Crippen LogP contribution >= 0.6 is 11.6 Å². The highest BCUT2D eigenvalue weighted by molar-refractivity contribution is 6.31. The molecule has 138 valence electrons. The van der Waals surface area contributed by atoms with Crippen LogP contribution in [0.25, 0.3) is 0 Å². The third-order valence-electron chi connectivity index (χ3n) is 3.60. The Bertz CT molecular complexity index is 943. The zero-order valence-corrected chi connectivity index (χ0v) is 14.7. The molecule has 0 atom stereocenters. The van der Waals surface area contributed by atoms with Gasteiger partial charge in [-0.3, -0.25) is 9.98 Å². The molecule has 0 fully saturated rings. The second-order valence-electron chi connectivity index (χ2n) is 5.55. The Hall–Kier alpha value is -2.86. The van der Waals surface area contributed by atoms with Gasteiger partial charge in [0.25, 0.3) is 0 Å². The van der Waals surface area contributed by atoms with Crippen LogP contribution in [0.2, 0.25) is 5.02 Å². The van der Waals surface area contributed by atoms with Gasteiger partial charge in [0.05, 0.1) is 16.3 Å². The molecule has 0 saturated heterocycles. The Labute approximate surface area is 159 Å². The van der Waals surface area contributed by atoms with Gasteiger partial charge in [0.15, 0.2) is 5.75 Å². The SMILES string of the molecule is FC(F)(F)c1cnc(CC=Nc2ccccc2Oc2ccccc2)c(Cl)c1. The van der Waals surface area contributed by atoms with E-state index in [1.807, 2.05) is 42.5 Å². The Morgan fingerprint density at radius 2 is 1.74 bits per heavy atom. The first-order valence-corrected chi connectivity index (χ1v) is 8.37. The van der Waals surface area contributed by atoms with Crippen LogP contribution in [0.3, 0.4) is 0 Å². The number of rotatable bonds is 5. The van der Waals surface area contributed by atoms with Crippen LogP contribution in [0, 0.1) is 0 Å². The third kappa shape index (κ3) is 5.08. The minimum Gasteiger partial charge on any atom is -0.455 e. The van der Waals surface area contributed by atoms with Crippen LogP contribution < -0.4 is 4.74 Å². The predicted molar refractivity (Wildman–Crippen MR) is 99.1 cm³/mol. The first-order chi connectivity index (χ1) is 12.9. The number of hydrogen-bond acceptors (Lipinski definition) is 3. The summed E-state index contributed by atoms with van der Waals surface area (Å²) in [4.78, 5) is 8.13. The molecule has 3 nitrogen and oxygen atoms in total. The summed E-state index contributed by atoms with van der Waals surface area (Å²) in [5, 5.41) is -0.0508. The summed E-state index contributed by atoms with van der Waals surface area (Å²) >= 11 is 5.91. The van der Waals surface area contributed by atoms with Gasteiger partial charge < -0.3 is 4.74 Å². The second kappa shape index (κ2) is 8.22. The Kier molecular flexibility index (Phi) is 5.76. The number of alkyl halides is 3. The fourth-order valence-electron chi connectivity index (χ4n) is 2.27. The van der Waals surface area contributed by atoms with Gasteiger partial charge in [-0.05, 0) is 30.3 Å². The summed E-state index contributed by atoms with van der Waals surface area (Å²) in [6.45, 7) is 0. The summed E-state index contributed by atoms with van der Waals surface area (Å²) in [6.07, 6.45) is -1.98. The van der Waals surface area contributed by atoms with Gasteiger partial charge in [-0.2, -0.15) is 13.2 Å². The van der Waals surface area contributed by atoms with Crippen molar-refractivity contribution in [1.82, 2.24) is 4.98 Å². The number of benzene rings is 2. The molecular formula is C20H14ClF3N2O. The lowest BCUT2D eigenvalue weighted by atomic mass is 10.2. The number of pyridine rings is 1. The van der Waals surface area contributed by atoms with Gasteiger partial charge >= 0.3 is 6.18 Å². The number of nitrogens with zero attached hydrogens (tertiary/aromatic N) is 2. The maximum atomic E-state index is 12.7. The lowest BCUT2D eigenvalue weighted by Crippen LogP contribution is -2.06. The maximum absolute atomic E-state index is 12.7. The predicted octanol–water partition coefficient (Wildman–Crippen LogP) is 6.49. The lowest BCUT2D eigenvalue weighted by molar-refractivity contribution is -0.137. The molecule has 0 radical (unpaired) electrons. The van der Waals surface area contributed by atoms with Crippen molar-refractivity contribution in [2.75, 3.05) is 0 Å². The van der Waals surface area contributed by atoms with E-state index in [0.717, 1.165) is 12.3 Å². The Morgan fingerprint density at radius 3 is 2.44 bits per heavy atom. The molecule has 0 aliphatic rings. The molecule has 3 aromatic rings. The highest BCUT2D eigenvalue weighted by Crippen LogP contribution is 2.32. The summed E-state index contributed by atoms with van der Waals surface area (Å²) in [7, 11) is 0. The van der Waals surface area contributed by atoms with Crippen molar-refractivity contribution < 1.29 is 17.9 Å². The minimum atomic E-state index is -4.48. The number of para-hydroxylation sites is 3. The number of aliphatic imine (C=N–C) groups is 1. The van der Waals surface area contributed by atoms with Crippen molar-refractivity contribution >= 4 is 23.5 Å². The van der Waals surface area contributed by atoms with E-state index in [0.29, 0.717) is 22.9 Å². The van der Waals surface area contributed by atoms with Crippen molar-refractivity contribution in [1.29, 1.82) is 0 Å². The summed E-state index contributed by atoms with van der Waals surface area (Å²) < 4.78 is 43.8.